The van der Waals surface area contributed by atoms with Crippen molar-refractivity contribution in [3.8, 4) is 0 Å². The SMILES string of the molecule is CCOC(=O)N1CCN(c2ccc(NS(=O)(=O)c3cccs3)cc2)CC1. The molecule has 2 aromatic rings. The van der Waals surface area contributed by atoms with Crippen LogP contribution >= 0.6 is 11.3 Å². The first-order chi connectivity index (χ1) is 12.5. The zero-order valence-corrected chi connectivity index (χ0v) is 16.1. The fourth-order valence-corrected chi connectivity index (χ4v) is 4.78. The quantitative estimate of drug-likeness (QED) is 0.842. The molecule has 1 saturated heterocycles. The minimum absolute atomic E-state index is 0.273. The van der Waals surface area contributed by atoms with E-state index in [1.165, 1.54) is 11.3 Å². The Hall–Kier alpha value is -2.26. The smallest absolute Gasteiger partial charge is 0.409 e. The molecule has 0 unspecified atom stereocenters. The van der Waals surface area contributed by atoms with Gasteiger partial charge in [-0.15, -0.1) is 11.3 Å². The number of hydrogen-bond donors (Lipinski definition) is 1. The van der Waals surface area contributed by atoms with Crippen molar-refractivity contribution in [3.05, 3.63) is 41.8 Å². The molecule has 140 valence electrons. The number of anilines is 2. The minimum Gasteiger partial charge on any atom is -0.450 e. The van der Waals surface area contributed by atoms with E-state index in [1.807, 2.05) is 12.1 Å². The van der Waals surface area contributed by atoms with Crippen LogP contribution in [0.5, 0.6) is 0 Å². The van der Waals surface area contributed by atoms with Gasteiger partial charge in [-0.2, -0.15) is 0 Å². The summed E-state index contributed by atoms with van der Waals surface area (Å²) in [5.41, 5.74) is 1.51. The molecular weight excluding hydrogens is 374 g/mol. The van der Waals surface area contributed by atoms with Gasteiger partial charge in [0.25, 0.3) is 10.0 Å². The van der Waals surface area contributed by atoms with E-state index in [2.05, 4.69) is 9.62 Å². The fraction of sp³-hybridized carbons (Fsp3) is 0.353. The summed E-state index contributed by atoms with van der Waals surface area (Å²) >= 11 is 1.18. The van der Waals surface area contributed by atoms with Gasteiger partial charge in [-0.05, 0) is 42.6 Å². The van der Waals surface area contributed by atoms with Crippen LogP contribution < -0.4 is 9.62 Å². The normalized spacial score (nSPS) is 15.0. The molecule has 1 aliphatic heterocycles. The molecule has 1 aromatic heterocycles. The molecule has 0 radical (unpaired) electrons. The van der Waals surface area contributed by atoms with Crippen LogP contribution in [-0.4, -0.2) is 52.2 Å². The Kier molecular flexibility index (Phi) is 5.67. The van der Waals surface area contributed by atoms with Crippen molar-refractivity contribution < 1.29 is 17.9 Å². The van der Waals surface area contributed by atoms with Crippen LogP contribution in [0.15, 0.2) is 46.0 Å². The molecule has 1 amide bonds. The number of benzene rings is 1. The molecule has 0 atom stereocenters. The monoisotopic (exact) mass is 395 g/mol. The van der Waals surface area contributed by atoms with Crippen molar-refractivity contribution in [2.24, 2.45) is 0 Å². The summed E-state index contributed by atoms with van der Waals surface area (Å²) in [6, 6.07) is 10.5. The molecule has 1 aliphatic rings. The van der Waals surface area contributed by atoms with Gasteiger partial charge >= 0.3 is 6.09 Å². The number of rotatable bonds is 5. The van der Waals surface area contributed by atoms with Gasteiger partial charge in [0.15, 0.2) is 0 Å². The molecule has 1 fully saturated rings. The highest BCUT2D eigenvalue weighted by Gasteiger charge is 2.22. The number of carbonyl (C=O) groups is 1. The van der Waals surface area contributed by atoms with Crippen molar-refractivity contribution in [2.45, 2.75) is 11.1 Å². The summed E-state index contributed by atoms with van der Waals surface area (Å²) in [7, 11) is -3.53. The topological polar surface area (TPSA) is 79.0 Å². The average Bonchev–Trinajstić information content (AvgIpc) is 3.18. The largest absolute Gasteiger partial charge is 0.450 e. The molecule has 9 heteroatoms. The summed E-state index contributed by atoms with van der Waals surface area (Å²) in [5, 5.41) is 1.73. The van der Waals surface area contributed by atoms with Crippen molar-refractivity contribution in [1.82, 2.24) is 4.90 Å². The van der Waals surface area contributed by atoms with E-state index in [0.29, 0.717) is 38.5 Å². The zero-order valence-electron chi connectivity index (χ0n) is 14.4. The van der Waals surface area contributed by atoms with Gasteiger partial charge < -0.3 is 14.5 Å². The lowest BCUT2D eigenvalue weighted by Gasteiger charge is -2.35. The first kappa shape index (κ1) is 18.5. The maximum atomic E-state index is 12.2. The highest BCUT2D eigenvalue weighted by Crippen LogP contribution is 2.23. The van der Waals surface area contributed by atoms with Gasteiger partial charge in [0.2, 0.25) is 0 Å². The van der Waals surface area contributed by atoms with Crippen LogP contribution in [0.2, 0.25) is 0 Å². The van der Waals surface area contributed by atoms with Gasteiger partial charge in [0.1, 0.15) is 4.21 Å². The first-order valence-electron chi connectivity index (χ1n) is 8.32. The van der Waals surface area contributed by atoms with Gasteiger partial charge in [-0.3, -0.25) is 4.72 Å². The second kappa shape index (κ2) is 7.96. The van der Waals surface area contributed by atoms with Crippen LogP contribution in [0.1, 0.15) is 6.92 Å². The van der Waals surface area contributed by atoms with E-state index >= 15 is 0 Å². The summed E-state index contributed by atoms with van der Waals surface area (Å²) in [5.74, 6) is 0. The van der Waals surface area contributed by atoms with E-state index < -0.39 is 10.0 Å². The van der Waals surface area contributed by atoms with Gasteiger partial charge in [0, 0.05) is 37.6 Å². The summed E-state index contributed by atoms with van der Waals surface area (Å²) in [6.45, 7) is 4.79. The fourth-order valence-electron chi connectivity index (χ4n) is 2.72. The highest BCUT2D eigenvalue weighted by molar-refractivity contribution is 7.94. The maximum Gasteiger partial charge on any atom is 0.409 e. The summed E-state index contributed by atoms with van der Waals surface area (Å²) in [4.78, 5) is 15.6. The van der Waals surface area contributed by atoms with E-state index in [0.717, 1.165) is 5.69 Å². The van der Waals surface area contributed by atoms with Crippen molar-refractivity contribution >= 4 is 38.8 Å². The molecule has 26 heavy (non-hydrogen) atoms. The van der Waals surface area contributed by atoms with Crippen LogP contribution in [-0.2, 0) is 14.8 Å². The molecule has 1 aromatic carbocycles. The second-order valence-electron chi connectivity index (χ2n) is 5.76. The lowest BCUT2D eigenvalue weighted by molar-refractivity contribution is 0.105. The number of hydrogen-bond acceptors (Lipinski definition) is 6. The maximum absolute atomic E-state index is 12.2. The van der Waals surface area contributed by atoms with Crippen LogP contribution in [0.4, 0.5) is 16.2 Å². The number of piperazine rings is 1. The van der Waals surface area contributed by atoms with Crippen molar-refractivity contribution in [1.29, 1.82) is 0 Å². The molecule has 0 aliphatic carbocycles. The lowest BCUT2D eigenvalue weighted by Crippen LogP contribution is -2.49. The molecule has 7 nitrogen and oxygen atoms in total. The zero-order chi connectivity index (χ0) is 18.6. The third-order valence-electron chi connectivity index (χ3n) is 4.05. The van der Waals surface area contributed by atoms with E-state index in [9.17, 15) is 13.2 Å². The summed E-state index contributed by atoms with van der Waals surface area (Å²) < 4.78 is 32.4. The van der Waals surface area contributed by atoms with Gasteiger partial charge in [0.05, 0.1) is 6.61 Å². The molecular formula is C17H21N3O4S2. The molecule has 0 bridgehead atoms. The number of sulfonamides is 1. The lowest BCUT2D eigenvalue weighted by atomic mass is 10.2. The Labute approximate surface area is 157 Å². The summed E-state index contributed by atoms with van der Waals surface area (Å²) in [6.07, 6.45) is -0.273. The Balaban J connectivity index is 1.59. The first-order valence-corrected chi connectivity index (χ1v) is 10.7. The molecule has 0 spiro atoms. The van der Waals surface area contributed by atoms with Crippen molar-refractivity contribution in [2.75, 3.05) is 42.4 Å². The predicted molar refractivity (Wildman–Crippen MR) is 102 cm³/mol. The Morgan fingerprint density at radius 3 is 2.42 bits per heavy atom. The van der Waals surface area contributed by atoms with E-state index in [4.69, 9.17) is 4.74 Å². The van der Waals surface area contributed by atoms with Crippen LogP contribution in [0, 0.1) is 0 Å². The van der Waals surface area contributed by atoms with Gasteiger partial charge in [-0.25, -0.2) is 13.2 Å². The van der Waals surface area contributed by atoms with E-state index in [1.54, 1.807) is 41.5 Å². The second-order valence-corrected chi connectivity index (χ2v) is 8.61. The minimum atomic E-state index is -3.53. The Bertz CT molecular complexity index is 827. The van der Waals surface area contributed by atoms with Crippen LogP contribution in [0.3, 0.4) is 0 Å². The third-order valence-corrected chi connectivity index (χ3v) is 6.83. The molecule has 2 heterocycles. The average molecular weight is 396 g/mol. The number of nitrogens with zero attached hydrogens (tertiary/aromatic N) is 2. The van der Waals surface area contributed by atoms with E-state index in [-0.39, 0.29) is 10.3 Å². The molecule has 0 saturated carbocycles. The van der Waals surface area contributed by atoms with Crippen LogP contribution in [0.25, 0.3) is 0 Å². The molecule has 3 rings (SSSR count). The molecule has 1 N–H and O–H groups in total. The number of thiophene rings is 1. The Morgan fingerprint density at radius 2 is 1.85 bits per heavy atom. The highest BCUT2D eigenvalue weighted by atomic mass is 32.2. The Morgan fingerprint density at radius 1 is 1.15 bits per heavy atom. The number of amides is 1. The standard InChI is InChI=1S/C17H21N3O4S2/c1-2-24-17(21)20-11-9-19(10-12-20)15-7-5-14(6-8-15)18-26(22,23)16-4-3-13-25-16/h3-8,13,18H,2,9-12H2,1H3. The predicted octanol–water partition coefficient (Wildman–Crippen LogP) is 2.83. The van der Waals surface area contributed by atoms with Gasteiger partial charge in [-0.1, -0.05) is 6.07 Å². The number of nitrogens with one attached hydrogen (secondary N) is 1. The third kappa shape index (κ3) is 4.28. The van der Waals surface area contributed by atoms with Crippen molar-refractivity contribution in [3.63, 3.8) is 0 Å². The number of ether oxygens (including phenoxy) is 1. The number of carbonyl (C=O) groups excluding carboxylic acids is 1.